The average Bonchev–Trinajstić information content (AvgIpc) is 3.90. The number of alkyl halides is 6. The summed E-state index contributed by atoms with van der Waals surface area (Å²) in [5.41, 5.74) is 1.02. The average molecular weight is 767 g/mol. The Morgan fingerprint density at radius 1 is 0.774 bits per heavy atom. The molecule has 0 bridgehead atoms. The van der Waals surface area contributed by atoms with Gasteiger partial charge in [-0.1, -0.05) is 12.1 Å². The summed E-state index contributed by atoms with van der Waals surface area (Å²) < 4.78 is 96.2. The molecule has 0 saturated carbocycles. The van der Waals surface area contributed by atoms with E-state index in [-0.39, 0.29) is 56.0 Å². The number of ether oxygens (including phenoxy) is 2. The zero-order valence-electron chi connectivity index (χ0n) is 26.9. The number of aromatic nitrogens is 8. The van der Waals surface area contributed by atoms with Crippen LogP contribution in [0, 0.1) is 0 Å². The zero-order chi connectivity index (χ0) is 37.2. The Labute approximate surface area is 301 Å². The van der Waals surface area contributed by atoms with Gasteiger partial charge in [0, 0.05) is 60.6 Å². The van der Waals surface area contributed by atoms with E-state index in [0.29, 0.717) is 27.3 Å². The van der Waals surface area contributed by atoms with Gasteiger partial charge < -0.3 is 23.7 Å². The fraction of sp³-hybridized carbons (Fsp3) is 0.118. The lowest BCUT2D eigenvalue weighted by atomic mass is 10.0. The van der Waals surface area contributed by atoms with Crippen LogP contribution in [0.4, 0.5) is 26.3 Å². The van der Waals surface area contributed by atoms with Crippen LogP contribution in [-0.2, 0) is 20.3 Å². The third-order valence-corrected chi connectivity index (χ3v) is 9.80. The lowest BCUT2D eigenvalue weighted by Crippen LogP contribution is -2.17. The molecular formula is C34H20F6N8O3S2. The Kier molecular flexibility index (Phi) is 8.06. The molecule has 268 valence electrons. The van der Waals surface area contributed by atoms with E-state index in [9.17, 15) is 31.4 Å². The number of aromatic hydroxyl groups is 1. The second-order valence-electron chi connectivity index (χ2n) is 11.6. The highest BCUT2D eigenvalue weighted by Crippen LogP contribution is 2.44. The van der Waals surface area contributed by atoms with Crippen molar-refractivity contribution in [2.24, 2.45) is 14.1 Å². The molecule has 2 aromatic carbocycles. The van der Waals surface area contributed by atoms with Crippen LogP contribution < -0.4 is 9.47 Å². The van der Waals surface area contributed by atoms with E-state index in [2.05, 4.69) is 34.6 Å². The monoisotopic (exact) mass is 766 g/mol. The van der Waals surface area contributed by atoms with Crippen LogP contribution in [0.2, 0.25) is 0 Å². The van der Waals surface area contributed by atoms with Gasteiger partial charge in [-0.25, -0.2) is 19.9 Å². The molecule has 1 N–H and O–H groups in total. The smallest absolute Gasteiger partial charge is 0.492 e. The van der Waals surface area contributed by atoms with Gasteiger partial charge in [-0.15, -0.1) is 35.8 Å². The Morgan fingerprint density at radius 2 is 1.49 bits per heavy atom. The molecular weight excluding hydrogens is 747 g/mol. The molecule has 6 heterocycles. The van der Waals surface area contributed by atoms with Crippen LogP contribution in [0.25, 0.3) is 65.9 Å². The first-order chi connectivity index (χ1) is 25.2. The highest BCUT2D eigenvalue weighted by atomic mass is 32.1. The minimum absolute atomic E-state index is 0.0560. The largest absolute Gasteiger partial charge is 0.573 e. The molecule has 0 atom stereocenters. The minimum atomic E-state index is -5.07. The van der Waals surface area contributed by atoms with Crippen LogP contribution in [0.3, 0.4) is 0 Å². The van der Waals surface area contributed by atoms with Crippen molar-refractivity contribution in [2.45, 2.75) is 12.5 Å². The summed E-state index contributed by atoms with van der Waals surface area (Å²) in [6.45, 7) is 0. The number of hydrogen-bond donors (Lipinski definition) is 1. The summed E-state index contributed by atoms with van der Waals surface area (Å²) in [6.07, 6.45) is -3.36. The molecule has 53 heavy (non-hydrogen) atoms. The first-order valence-electron chi connectivity index (χ1n) is 15.2. The summed E-state index contributed by atoms with van der Waals surface area (Å²) in [5.74, 6) is -0.719. The van der Waals surface area contributed by atoms with E-state index in [1.54, 1.807) is 46.4 Å². The number of fused-ring (bicyclic) bond motifs is 2. The van der Waals surface area contributed by atoms with Gasteiger partial charge in [0.1, 0.15) is 26.6 Å². The fourth-order valence-electron chi connectivity index (χ4n) is 5.55. The maximum atomic E-state index is 13.6. The van der Waals surface area contributed by atoms with Gasteiger partial charge in [0.25, 0.3) is 0 Å². The summed E-state index contributed by atoms with van der Waals surface area (Å²) in [5, 5.41) is 14.0. The van der Waals surface area contributed by atoms with Gasteiger partial charge >= 0.3 is 12.5 Å². The third-order valence-electron chi connectivity index (χ3n) is 7.88. The molecule has 0 unspecified atom stereocenters. The number of benzene rings is 2. The van der Waals surface area contributed by atoms with E-state index < -0.39 is 23.9 Å². The maximum Gasteiger partial charge on any atom is 0.573 e. The highest BCUT2D eigenvalue weighted by molar-refractivity contribution is 7.18. The van der Waals surface area contributed by atoms with Crippen molar-refractivity contribution in [3.05, 3.63) is 83.7 Å². The number of rotatable bonds is 7. The van der Waals surface area contributed by atoms with Crippen LogP contribution in [-0.4, -0.2) is 50.5 Å². The molecule has 0 fully saturated rings. The van der Waals surface area contributed by atoms with Crippen molar-refractivity contribution in [3.63, 3.8) is 0 Å². The number of imidazole rings is 2. The molecule has 0 aliphatic heterocycles. The number of aryl methyl sites for hydroxylation is 2. The fourth-order valence-corrected chi connectivity index (χ4v) is 7.39. The van der Waals surface area contributed by atoms with Crippen molar-refractivity contribution < 1.29 is 40.9 Å². The molecule has 0 spiro atoms. The third kappa shape index (κ3) is 6.59. The number of nitrogens with zero attached hydrogens (tertiary/aromatic N) is 8. The Bertz CT molecular complexity index is 2680. The maximum absolute atomic E-state index is 13.6. The zero-order valence-corrected chi connectivity index (χ0v) is 28.6. The number of thiophene rings is 2. The predicted octanol–water partition coefficient (Wildman–Crippen LogP) is 9.25. The van der Waals surface area contributed by atoms with Crippen LogP contribution in [0.1, 0.15) is 5.56 Å². The minimum Gasteiger partial charge on any atom is -0.492 e. The van der Waals surface area contributed by atoms with Gasteiger partial charge in [0.15, 0.2) is 17.5 Å². The molecule has 6 aromatic heterocycles. The van der Waals surface area contributed by atoms with Gasteiger partial charge in [-0.05, 0) is 35.4 Å². The Balaban J connectivity index is 1.28. The normalized spacial score (nSPS) is 12.2. The van der Waals surface area contributed by atoms with Crippen molar-refractivity contribution in [3.8, 4) is 68.7 Å². The van der Waals surface area contributed by atoms with Crippen LogP contribution >= 0.6 is 22.7 Å². The van der Waals surface area contributed by atoms with E-state index in [4.69, 9.17) is 4.74 Å². The van der Waals surface area contributed by atoms with Crippen LogP contribution in [0.15, 0.2) is 78.1 Å². The molecule has 0 radical (unpaired) electrons. The molecule has 8 rings (SSSR count). The van der Waals surface area contributed by atoms with E-state index in [0.717, 1.165) is 46.9 Å². The summed E-state index contributed by atoms with van der Waals surface area (Å²) in [4.78, 5) is 26.4. The molecule has 8 aromatic rings. The Hall–Kier alpha value is -6.08. The molecule has 11 nitrogen and oxygen atoms in total. The van der Waals surface area contributed by atoms with Gasteiger partial charge in [-0.2, -0.15) is 23.1 Å². The van der Waals surface area contributed by atoms with E-state index in [1.165, 1.54) is 30.7 Å². The number of hydrogen-bond acceptors (Lipinski definition) is 11. The Morgan fingerprint density at radius 3 is 2.19 bits per heavy atom. The first kappa shape index (κ1) is 34.0. The first-order valence-corrected chi connectivity index (χ1v) is 17.0. The molecule has 0 amide bonds. The molecule has 0 aliphatic rings. The number of halogens is 6. The van der Waals surface area contributed by atoms with Gasteiger partial charge in [-0.3, -0.25) is 0 Å². The summed E-state index contributed by atoms with van der Waals surface area (Å²) in [6, 6.07) is 8.36. The lowest BCUT2D eigenvalue weighted by molar-refractivity contribution is -0.274. The predicted molar refractivity (Wildman–Crippen MR) is 184 cm³/mol. The van der Waals surface area contributed by atoms with E-state index >= 15 is 0 Å². The molecule has 19 heteroatoms. The van der Waals surface area contributed by atoms with Crippen molar-refractivity contribution >= 4 is 43.1 Å². The quantitative estimate of drug-likeness (QED) is 0.158. The van der Waals surface area contributed by atoms with Gasteiger partial charge in [0.2, 0.25) is 11.8 Å². The second-order valence-corrected chi connectivity index (χ2v) is 13.3. The summed E-state index contributed by atoms with van der Waals surface area (Å²) >= 11 is 2.16. The lowest BCUT2D eigenvalue weighted by Gasteiger charge is -2.14. The van der Waals surface area contributed by atoms with Gasteiger partial charge in [0.05, 0.1) is 22.9 Å². The highest BCUT2D eigenvalue weighted by Gasteiger charge is 2.33. The molecule has 0 aliphatic carbocycles. The molecule has 0 saturated heterocycles. The van der Waals surface area contributed by atoms with Crippen molar-refractivity contribution in [1.82, 2.24) is 39.0 Å². The topological polar surface area (TPSA) is 126 Å². The van der Waals surface area contributed by atoms with Crippen LogP contribution in [0.5, 0.6) is 23.3 Å². The van der Waals surface area contributed by atoms with E-state index in [1.807, 2.05) is 0 Å². The summed E-state index contributed by atoms with van der Waals surface area (Å²) in [7, 11) is 3.43. The van der Waals surface area contributed by atoms with Crippen molar-refractivity contribution in [2.75, 3.05) is 0 Å². The second kappa shape index (κ2) is 12.6. The standard InChI is InChI=1S/C34H20F6N8O3S2/c1-47-12-23(42-15-47)28-43-25-21(16-4-3-5-18(8-16)33(35,36)37)13-53-27(25)32(46-28)50-19-9-17(10-20(11-19)51-34(38,39)40)22-14-52-26-24(22)44-29(45-31(26)49)30-41-6-7-48(30)2/h3-15H,1-2H3,(H,44,45,49). The van der Waals surface area contributed by atoms with Crippen molar-refractivity contribution in [1.29, 1.82) is 0 Å². The SMILES string of the molecule is Cn1cnc(-c2nc(Oc3cc(OC(F)(F)F)cc(-c4csc5c(O)nc(-c6nccn6C)nc45)c3)c3scc(-c4cccc(C(F)(F)F)c4)c3n2)c1.